The van der Waals surface area contributed by atoms with Crippen LogP contribution in [0, 0.1) is 0 Å². The standard InChI is InChI=1S/C5H13NO3S/c1-2-3-4-5(7)6-10(8)9/h5-7H,2-4H2,1H3,(H,8,9). The Morgan fingerprint density at radius 1 is 1.70 bits per heavy atom. The van der Waals surface area contributed by atoms with Gasteiger partial charge in [0, 0.05) is 0 Å². The summed E-state index contributed by atoms with van der Waals surface area (Å²) in [6.45, 7) is 1.99. The van der Waals surface area contributed by atoms with Crippen molar-refractivity contribution in [2.45, 2.75) is 32.4 Å². The summed E-state index contributed by atoms with van der Waals surface area (Å²) in [7, 11) is 0. The van der Waals surface area contributed by atoms with Crippen LogP contribution in [0.15, 0.2) is 0 Å². The minimum atomic E-state index is -2.10. The fourth-order valence-corrected chi connectivity index (χ4v) is 0.923. The van der Waals surface area contributed by atoms with Crippen molar-refractivity contribution < 1.29 is 13.9 Å². The Labute approximate surface area is 63.1 Å². The lowest BCUT2D eigenvalue weighted by atomic mass is 10.2. The van der Waals surface area contributed by atoms with Gasteiger partial charge in [0.05, 0.1) is 0 Å². The summed E-state index contributed by atoms with van der Waals surface area (Å²) in [6.07, 6.45) is 1.48. The van der Waals surface area contributed by atoms with E-state index in [0.29, 0.717) is 6.42 Å². The van der Waals surface area contributed by atoms with Gasteiger partial charge in [-0.1, -0.05) is 13.3 Å². The van der Waals surface area contributed by atoms with Crippen LogP contribution in [-0.2, 0) is 11.3 Å². The molecule has 0 aromatic rings. The fraction of sp³-hybridized carbons (Fsp3) is 1.00. The van der Waals surface area contributed by atoms with Crippen LogP contribution in [0.5, 0.6) is 0 Å². The maximum atomic E-state index is 10.0. The molecule has 0 rings (SSSR count). The average molecular weight is 167 g/mol. The number of unbranched alkanes of at least 4 members (excludes halogenated alkanes) is 1. The molecular weight excluding hydrogens is 154 g/mol. The van der Waals surface area contributed by atoms with Crippen LogP contribution in [0.3, 0.4) is 0 Å². The summed E-state index contributed by atoms with van der Waals surface area (Å²) in [4.78, 5) is 0. The molecule has 10 heavy (non-hydrogen) atoms. The monoisotopic (exact) mass is 167 g/mol. The Kier molecular flexibility index (Phi) is 5.81. The quantitative estimate of drug-likeness (QED) is 0.405. The highest BCUT2D eigenvalue weighted by molar-refractivity contribution is 7.77. The SMILES string of the molecule is CCCCC(O)NS(=O)O. The minimum absolute atomic E-state index is 0.517. The first-order chi connectivity index (χ1) is 4.66. The van der Waals surface area contributed by atoms with Crippen LogP contribution in [0.25, 0.3) is 0 Å². The van der Waals surface area contributed by atoms with Gasteiger partial charge in [0.15, 0.2) is 0 Å². The predicted octanol–water partition coefficient (Wildman–Crippen LogP) is 0.221. The normalized spacial score (nSPS) is 16.7. The van der Waals surface area contributed by atoms with E-state index >= 15 is 0 Å². The smallest absolute Gasteiger partial charge is 0.233 e. The second-order valence-electron chi connectivity index (χ2n) is 2.03. The number of aliphatic hydroxyl groups excluding tert-OH is 1. The van der Waals surface area contributed by atoms with Crippen molar-refractivity contribution in [1.82, 2.24) is 4.72 Å². The topological polar surface area (TPSA) is 69.6 Å². The second kappa shape index (κ2) is 5.79. The van der Waals surface area contributed by atoms with Gasteiger partial charge in [-0.25, -0.2) is 4.21 Å². The van der Waals surface area contributed by atoms with Crippen molar-refractivity contribution in [2.24, 2.45) is 0 Å². The third-order valence-corrected chi connectivity index (χ3v) is 1.54. The molecular formula is C5H13NO3S. The third-order valence-electron chi connectivity index (χ3n) is 1.07. The van der Waals surface area contributed by atoms with Crippen LogP contribution in [0.1, 0.15) is 26.2 Å². The van der Waals surface area contributed by atoms with Crippen molar-refractivity contribution in [1.29, 1.82) is 0 Å². The molecule has 0 saturated carbocycles. The Hall–Kier alpha value is 0.0300. The highest BCUT2D eigenvalue weighted by Crippen LogP contribution is 1.96. The van der Waals surface area contributed by atoms with Crippen molar-refractivity contribution in [3.05, 3.63) is 0 Å². The molecule has 0 saturated heterocycles. The largest absolute Gasteiger partial charge is 0.378 e. The van der Waals surface area contributed by atoms with E-state index in [1.807, 2.05) is 6.92 Å². The zero-order valence-corrected chi connectivity index (χ0v) is 6.73. The van der Waals surface area contributed by atoms with Crippen molar-refractivity contribution in [3.8, 4) is 0 Å². The zero-order valence-electron chi connectivity index (χ0n) is 5.91. The molecule has 2 unspecified atom stereocenters. The molecule has 0 heterocycles. The van der Waals surface area contributed by atoms with E-state index < -0.39 is 17.5 Å². The van der Waals surface area contributed by atoms with Crippen molar-refractivity contribution >= 4 is 11.3 Å². The maximum Gasteiger partial charge on any atom is 0.233 e. The van der Waals surface area contributed by atoms with E-state index in [2.05, 4.69) is 4.72 Å². The minimum Gasteiger partial charge on any atom is -0.378 e. The molecule has 2 atom stereocenters. The Morgan fingerprint density at radius 2 is 2.30 bits per heavy atom. The lowest BCUT2D eigenvalue weighted by molar-refractivity contribution is 0.150. The molecule has 0 aliphatic heterocycles. The van der Waals surface area contributed by atoms with E-state index in [-0.39, 0.29) is 0 Å². The second-order valence-corrected chi connectivity index (χ2v) is 2.76. The van der Waals surface area contributed by atoms with Crippen LogP contribution in [-0.4, -0.2) is 20.1 Å². The Bertz CT molecular complexity index is 109. The predicted molar refractivity (Wildman–Crippen MR) is 39.4 cm³/mol. The highest BCUT2D eigenvalue weighted by atomic mass is 32.2. The number of aliphatic hydroxyl groups is 1. The first-order valence-electron chi connectivity index (χ1n) is 3.22. The van der Waals surface area contributed by atoms with Crippen molar-refractivity contribution in [3.63, 3.8) is 0 Å². The van der Waals surface area contributed by atoms with Gasteiger partial charge < -0.3 is 5.11 Å². The molecule has 5 heteroatoms. The molecule has 0 spiro atoms. The highest BCUT2D eigenvalue weighted by Gasteiger charge is 2.03. The lowest BCUT2D eigenvalue weighted by Crippen LogP contribution is -2.29. The molecule has 0 amide bonds. The summed E-state index contributed by atoms with van der Waals surface area (Å²) in [5, 5.41) is 8.89. The molecule has 0 aliphatic rings. The average Bonchev–Trinajstić information content (AvgIpc) is 1.82. The summed E-state index contributed by atoms with van der Waals surface area (Å²) >= 11 is -2.10. The van der Waals surface area contributed by atoms with E-state index in [1.54, 1.807) is 0 Å². The number of hydrogen-bond acceptors (Lipinski definition) is 2. The molecule has 62 valence electrons. The molecule has 0 bridgehead atoms. The van der Waals surface area contributed by atoms with Gasteiger partial charge in [0.1, 0.15) is 6.23 Å². The van der Waals surface area contributed by atoms with E-state index in [1.165, 1.54) is 0 Å². The summed E-state index contributed by atoms with van der Waals surface area (Å²) in [5.41, 5.74) is 0. The maximum absolute atomic E-state index is 10.0. The van der Waals surface area contributed by atoms with Crippen LogP contribution >= 0.6 is 0 Å². The van der Waals surface area contributed by atoms with Crippen molar-refractivity contribution in [2.75, 3.05) is 0 Å². The van der Waals surface area contributed by atoms with Gasteiger partial charge in [-0.05, 0) is 12.8 Å². The van der Waals surface area contributed by atoms with Crippen LogP contribution in [0.4, 0.5) is 0 Å². The van der Waals surface area contributed by atoms with E-state index in [9.17, 15) is 4.21 Å². The number of rotatable bonds is 5. The van der Waals surface area contributed by atoms with E-state index in [4.69, 9.17) is 9.66 Å². The molecule has 0 aromatic carbocycles. The van der Waals surface area contributed by atoms with Gasteiger partial charge in [-0.3, -0.25) is 4.55 Å². The van der Waals surface area contributed by atoms with Crippen LogP contribution < -0.4 is 4.72 Å². The van der Waals surface area contributed by atoms with Crippen LogP contribution in [0.2, 0.25) is 0 Å². The summed E-state index contributed by atoms with van der Waals surface area (Å²) in [6, 6.07) is 0. The summed E-state index contributed by atoms with van der Waals surface area (Å²) in [5.74, 6) is 0. The van der Waals surface area contributed by atoms with E-state index in [0.717, 1.165) is 12.8 Å². The first kappa shape index (κ1) is 10.0. The molecule has 0 fully saturated rings. The van der Waals surface area contributed by atoms with Gasteiger partial charge >= 0.3 is 0 Å². The Balaban J connectivity index is 3.25. The Morgan fingerprint density at radius 3 is 2.70 bits per heavy atom. The first-order valence-corrected chi connectivity index (χ1v) is 4.32. The zero-order chi connectivity index (χ0) is 7.98. The molecule has 3 N–H and O–H groups in total. The fourth-order valence-electron chi connectivity index (χ4n) is 0.573. The molecule has 0 aromatic heterocycles. The molecule has 4 nitrogen and oxygen atoms in total. The molecule has 0 aliphatic carbocycles. The lowest BCUT2D eigenvalue weighted by Gasteiger charge is -2.07. The van der Waals surface area contributed by atoms with Gasteiger partial charge in [-0.2, -0.15) is 4.72 Å². The van der Waals surface area contributed by atoms with Gasteiger partial charge in [0.25, 0.3) is 0 Å². The van der Waals surface area contributed by atoms with Gasteiger partial charge in [-0.15, -0.1) is 0 Å². The number of hydrogen-bond donors (Lipinski definition) is 3. The summed E-state index contributed by atoms with van der Waals surface area (Å²) < 4.78 is 20.3. The third kappa shape index (κ3) is 6.15. The molecule has 0 radical (unpaired) electrons. The number of nitrogens with one attached hydrogen (secondary N) is 1. The van der Waals surface area contributed by atoms with Gasteiger partial charge in [0.2, 0.25) is 11.3 Å².